The summed E-state index contributed by atoms with van der Waals surface area (Å²) in [5.41, 5.74) is 5.63. The normalized spacial score (nSPS) is 20.5. The van der Waals surface area contributed by atoms with Gasteiger partial charge in [-0.15, -0.1) is 0 Å². The maximum atomic E-state index is 5.79. The first-order chi connectivity index (χ1) is 8.76. The highest BCUT2D eigenvalue weighted by Crippen LogP contribution is 2.32. The Morgan fingerprint density at radius 2 is 2.28 bits per heavy atom. The molecule has 1 unspecified atom stereocenters. The third-order valence-corrected chi connectivity index (χ3v) is 3.92. The number of halogens is 1. The topological polar surface area (TPSA) is 15.3 Å². The lowest BCUT2D eigenvalue weighted by molar-refractivity contribution is 0.542. The molecule has 0 radical (unpaired) electrons. The van der Waals surface area contributed by atoms with Gasteiger partial charge in [-0.2, -0.15) is 0 Å². The van der Waals surface area contributed by atoms with Gasteiger partial charge < -0.3 is 10.2 Å². The summed E-state index contributed by atoms with van der Waals surface area (Å²) < 4.78 is 0. The van der Waals surface area contributed by atoms with Crippen molar-refractivity contribution in [3.8, 4) is 0 Å². The van der Waals surface area contributed by atoms with Crippen LogP contribution in [0.3, 0.4) is 0 Å². The van der Waals surface area contributed by atoms with Crippen LogP contribution >= 0.6 is 11.6 Å². The molecule has 1 atom stereocenters. The standard InChI is InChI=1S/C15H21ClN2/c1-12(10-16)11-18-9-5-7-14(17-2)13-6-3-4-8-15(13)18/h3-4,6,8,10,14,17H,5,7,9,11H2,1-2H3/b12-10+. The number of fused-ring (bicyclic) bond motifs is 1. The van der Waals surface area contributed by atoms with Crippen molar-refractivity contribution in [3.63, 3.8) is 0 Å². The lowest BCUT2D eigenvalue weighted by Crippen LogP contribution is -2.26. The van der Waals surface area contributed by atoms with Crippen molar-refractivity contribution in [2.24, 2.45) is 0 Å². The van der Waals surface area contributed by atoms with Gasteiger partial charge in [0.1, 0.15) is 0 Å². The van der Waals surface area contributed by atoms with Gasteiger partial charge in [0, 0.05) is 30.4 Å². The molecule has 0 bridgehead atoms. The van der Waals surface area contributed by atoms with E-state index < -0.39 is 0 Å². The summed E-state index contributed by atoms with van der Waals surface area (Å²) in [6.45, 7) is 4.09. The van der Waals surface area contributed by atoms with Gasteiger partial charge in [-0.3, -0.25) is 0 Å². The maximum Gasteiger partial charge on any atom is 0.0417 e. The van der Waals surface area contributed by atoms with Gasteiger partial charge in [0.05, 0.1) is 0 Å². The molecular weight excluding hydrogens is 244 g/mol. The summed E-state index contributed by atoms with van der Waals surface area (Å²) in [5.74, 6) is 0. The highest BCUT2D eigenvalue weighted by molar-refractivity contribution is 6.25. The summed E-state index contributed by atoms with van der Waals surface area (Å²) >= 11 is 5.79. The Kier molecular flexibility index (Phi) is 4.67. The predicted molar refractivity (Wildman–Crippen MR) is 79.3 cm³/mol. The smallest absolute Gasteiger partial charge is 0.0417 e. The van der Waals surface area contributed by atoms with Gasteiger partial charge in [0.15, 0.2) is 0 Å². The van der Waals surface area contributed by atoms with Crippen molar-refractivity contribution in [2.75, 3.05) is 25.0 Å². The van der Waals surface area contributed by atoms with Crippen molar-refractivity contribution in [1.82, 2.24) is 5.32 Å². The molecule has 0 aromatic heterocycles. The maximum absolute atomic E-state index is 5.79. The van der Waals surface area contributed by atoms with E-state index in [1.807, 2.05) is 7.05 Å². The number of hydrogen-bond acceptors (Lipinski definition) is 2. The van der Waals surface area contributed by atoms with Crippen LogP contribution in [0.2, 0.25) is 0 Å². The number of anilines is 1. The van der Waals surface area contributed by atoms with E-state index in [-0.39, 0.29) is 0 Å². The van der Waals surface area contributed by atoms with Crippen LogP contribution in [-0.2, 0) is 0 Å². The van der Waals surface area contributed by atoms with E-state index in [2.05, 4.69) is 41.4 Å². The van der Waals surface area contributed by atoms with Crippen molar-refractivity contribution in [1.29, 1.82) is 0 Å². The van der Waals surface area contributed by atoms with E-state index in [0.717, 1.165) is 13.1 Å². The van der Waals surface area contributed by atoms with Crippen LogP contribution < -0.4 is 10.2 Å². The fourth-order valence-electron chi connectivity index (χ4n) is 2.63. The van der Waals surface area contributed by atoms with E-state index >= 15 is 0 Å². The molecule has 1 aromatic rings. The largest absolute Gasteiger partial charge is 0.367 e. The molecule has 2 rings (SSSR count). The van der Waals surface area contributed by atoms with E-state index in [9.17, 15) is 0 Å². The second-order valence-electron chi connectivity index (χ2n) is 4.92. The summed E-state index contributed by atoms with van der Waals surface area (Å²) in [4.78, 5) is 2.43. The molecule has 0 aliphatic carbocycles. The summed E-state index contributed by atoms with van der Waals surface area (Å²) in [6.07, 6.45) is 2.39. The molecule has 1 aromatic carbocycles. The number of benzene rings is 1. The van der Waals surface area contributed by atoms with Gasteiger partial charge in [-0.05, 0) is 44.0 Å². The molecule has 1 aliphatic heterocycles. The summed E-state index contributed by atoms with van der Waals surface area (Å²) in [7, 11) is 2.04. The number of nitrogens with one attached hydrogen (secondary N) is 1. The quantitative estimate of drug-likeness (QED) is 0.896. The first kappa shape index (κ1) is 13.4. The minimum atomic E-state index is 0.464. The Balaban J connectivity index is 2.32. The van der Waals surface area contributed by atoms with Crippen molar-refractivity contribution < 1.29 is 0 Å². The second-order valence-corrected chi connectivity index (χ2v) is 5.14. The zero-order valence-electron chi connectivity index (χ0n) is 11.1. The average Bonchev–Trinajstić information content (AvgIpc) is 2.58. The lowest BCUT2D eigenvalue weighted by atomic mass is 10.0. The minimum absolute atomic E-state index is 0.464. The van der Waals surface area contributed by atoms with Gasteiger partial charge >= 0.3 is 0 Å². The van der Waals surface area contributed by atoms with Gasteiger partial charge in [0.25, 0.3) is 0 Å². The zero-order chi connectivity index (χ0) is 13.0. The Labute approximate surface area is 115 Å². The molecule has 1 aliphatic rings. The summed E-state index contributed by atoms with van der Waals surface area (Å²) in [5, 5.41) is 3.42. The van der Waals surface area contributed by atoms with Gasteiger partial charge in [-0.1, -0.05) is 29.8 Å². The fourth-order valence-corrected chi connectivity index (χ4v) is 2.70. The van der Waals surface area contributed by atoms with Gasteiger partial charge in [-0.25, -0.2) is 0 Å². The molecular formula is C15H21ClN2. The minimum Gasteiger partial charge on any atom is -0.367 e. The fraction of sp³-hybridized carbons (Fsp3) is 0.467. The molecule has 1 heterocycles. The third-order valence-electron chi connectivity index (χ3n) is 3.55. The number of para-hydroxylation sites is 1. The Bertz CT molecular complexity index is 428. The van der Waals surface area contributed by atoms with Crippen LogP contribution in [0.15, 0.2) is 35.4 Å². The molecule has 2 nitrogen and oxygen atoms in total. The Hall–Kier alpha value is -0.990. The molecule has 0 saturated heterocycles. The van der Waals surface area contributed by atoms with Crippen LogP contribution in [0.4, 0.5) is 5.69 Å². The zero-order valence-corrected chi connectivity index (χ0v) is 11.9. The molecule has 3 heteroatoms. The first-order valence-electron chi connectivity index (χ1n) is 6.53. The van der Waals surface area contributed by atoms with Crippen molar-refractivity contribution in [2.45, 2.75) is 25.8 Å². The third kappa shape index (κ3) is 2.88. The number of hydrogen-bond donors (Lipinski definition) is 1. The predicted octanol–water partition coefficient (Wildman–Crippen LogP) is 3.69. The van der Waals surface area contributed by atoms with E-state index in [1.165, 1.54) is 29.7 Å². The first-order valence-corrected chi connectivity index (χ1v) is 6.97. The SMILES string of the molecule is CNC1CCCN(C/C(C)=C/Cl)c2ccccc21. The van der Waals surface area contributed by atoms with Crippen molar-refractivity contribution >= 4 is 17.3 Å². The second kappa shape index (κ2) is 6.26. The molecule has 0 saturated carbocycles. The van der Waals surface area contributed by atoms with Crippen molar-refractivity contribution in [3.05, 3.63) is 40.9 Å². The van der Waals surface area contributed by atoms with Crippen LogP contribution in [0.1, 0.15) is 31.4 Å². The van der Waals surface area contributed by atoms with Crippen LogP contribution in [0.5, 0.6) is 0 Å². The highest BCUT2D eigenvalue weighted by atomic mass is 35.5. The van der Waals surface area contributed by atoms with Crippen LogP contribution in [-0.4, -0.2) is 20.1 Å². The van der Waals surface area contributed by atoms with Gasteiger partial charge in [0.2, 0.25) is 0 Å². The molecule has 18 heavy (non-hydrogen) atoms. The molecule has 0 amide bonds. The van der Waals surface area contributed by atoms with Crippen LogP contribution in [0.25, 0.3) is 0 Å². The Morgan fingerprint density at radius 1 is 1.50 bits per heavy atom. The molecule has 0 spiro atoms. The molecule has 1 N–H and O–H groups in total. The lowest BCUT2D eigenvalue weighted by Gasteiger charge is -2.26. The number of rotatable bonds is 3. The summed E-state index contributed by atoms with van der Waals surface area (Å²) in [6, 6.07) is 9.15. The van der Waals surface area contributed by atoms with E-state index in [1.54, 1.807) is 5.54 Å². The van der Waals surface area contributed by atoms with E-state index in [4.69, 9.17) is 11.6 Å². The molecule has 0 fully saturated rings. The number of nitrogens with zero attached hydrogens (tertiary/aromatic N) is 1. The highest BCUT2D eigenvalue weighted by Gasteiger charge is 2.21. The Morgan fingerprint density at radius 3 is 3.00 bits per heavy atom. The molecule has 98 valence electrons. The van der Waals surface area contributed by atoms with E-state index in [0.29, 0.717) is 6.04 Å². The average molecular weight is 265 g/mol. The van der Waals surface area contributed by atoms with Crippen LogP contribution in [0, 0.1) is 0 Å². The monoisotopic (exact) mass is 264 g/mol.